The Kier molecular flexibility index (Phi) is 4.07. The van der Waals surface area contributed by atoms with Crippen molar-refractivity contribution >= 4 is 23.2 Å². The van der Waals surface area contributed by atoms with E-state index in [0.717, 1.165) is 33.2 Å². The quantitative estimate of drug-likeness (QED) is 0.848. The van der Waals surface area contributed by atoms with E-state index < -0.39 is 0 Å². The molecule has 0 saturated carbocycles. The van der Waals surface area contributed by atoms with E-state index in [1.165, 1.54) is 0 Å². The average Bonchev–Trinajstić information content (AvgIpc) is 2.53. The van der Waals surface area contributed by atoms with E-state index in [4.69, 9.17) is 27.9 Å². The predicted octanol–water partition coefficient (Wildman–Crippen LogP) is 4.23. The second-order valence-corrected chi connectivity index (χ2v) is 5.43. The third-order valence-corrected chi connectivity index (χ3v) is 3.75. The summed E-state index contributed by atoms with van der Waals surface area (Å²) in [6.45, 7) is 6.28. The first kappa shape index (κ1) is 14.2. The number of rotatable bonds is 3. The molecule has 0 N–H and O–H groups in total. The van der Waals surface area contributed by atoms with Crippen LogP contribution in [0.15, 0.2) is 12.1 Å². The minimum atomic E-state index is 0.405. The van der Waals surface area contributed by atoms with Crippen LogP contribution in [0.25, 0.3) is 0 Å². The normalized spacial score (nSPS) is 10.8. The highest BCUT2D eigenvalue weighted by molar-refractivity contribution is 6.31. The summed E-state index contributed by atoms with van der Waals surface area (Å²) >= 11 is 12.2. The number of ether oxygens (including phenoxy) is 1. The second-order valence-electron chi connectivity index (χ2n) is 4.64. The van der Waals surface area contributed by atoms with Crippen LogP contribution in [0.5, 0.6) is 5.75 Å². The molecule has 0 bridgehead atoms. The molecule has 0 aliphatic rings. The van der Waals surface area contributed by atoms with Gasteiger partial charge in [-0.15, -0.1) is 0 Å². The molecule has 0 unspecified atom stereocenters. The smallest absolute Gasteiger partial charge is 0.133 e. The van der Waals surface area contributed by atoms with Gasteiger partial charge < -0.3 is 4.74 Å². The maximum atomic E-state index is 6.18. The Morgan fingerprint density at radius 2 is 1.74 bits per heavy atom. The lowest BCUT2D eigenvalue weighted by Crippen LogP contribution is -2.00. The Balaban J connectivity index is 2.24. The highest BCUT2D eigenvalue weighted by Crippen LogP contribution is 2.29. The van der Waals surface area contributed by atoms with Gasteiger partial charge in [-0.2, -0.15) is 5.10 Å². The molecule has 1 aromatic heterocycles. The Labute approximate surface area is 123 Å². The first-order valence-corrected chi connectivity index (χ1v) is 6.73. The van der Waals surface area contributed by atoms with Crippen LogP contribution in [0, 0.1) is 20.8 Å². The lowest BCUT2D eigenvalue weighted by Gasteiger charge is -2.12. The van der Waals surface area contributed by atoms with Gasteiger partial charge in [0.05, 0.1) is 5.69 Å². The van der Waals surface area contributed by atoms with Crippen molar-refractivity contribution in [2.75, 3.05) is 0 Å². The van der Waals surface area contributed by atoms with E-state index in [-0.39, 0.29) is 0 Å². The summed E-state index contributed by atoms with van der Waals surface area (Å²) in [7, 11) is 1.82. The van der Waals surface area contributed by atoms with Gasteiger partial charge in [-0.1, -0.05) is 23.2 Å². The summed E-state index contributed by atoms with van der Waals surface area (Å²) in [6.07, 6.45) is 0. The molecular weight excluding hydrogens is 283 g/mol. The van der Waals surface area contributed by atoms with Gasteiger partial charge in [-0.05, 0) is 44.0 Å². The molecule has 0 aliphatic heterocycles. The lowest BCUT2D eigenvalue weighted by atomic mass is 10.1. The number of aromatic nitrogens is 2. The standard InChI is InChI=1S/C14H16Cl2N2O/c1-8-5-11(15)6-9(2)13(8)19-7-12-10(3)17-18(4)14(12)16/h5-6H,7H2,1-4H3. The average molecular weight is 299 g/mol. The van der Waals surface area contributed by atoms with Crippen LogP contribution in [-0.4, -0.2) is 9.78 Å². The number of hydrogen-bond donors (Lipinski definition) is 0. The maximum absolute atomic E-state index is 6.18. The molecule has 19 heavy (non-hydrogen) atoms. The fourth-order valence-corrected chi connectivity index (χ4v) is 2.66. The number of aryl methyl sites for hydroxylation is 4. The van der Waals surface area contributed by atoms with E-state index in [1.807, 2.05) is 40.0 Å². The topological polar surface area (TPSA) is 27.1 Å². The Bertz CT molecular complexity index is 597. The summed E-state index contributed by atoms with van der Waals surface area (Å²) < 4.78 is 7.54. The number of benzene rings is 1. The fourth-order valence-electron chi connectivity index (χ4n) is 2.11. The summed E-state index contributed by atoms with van der Waals surface area (Å²) in [6, 6.07) is 3.78. The molecule has 2 rings (SSSR count). The molecule has 0 fully saturated rings. The molecule has 5 heteroatoms. The van der Waals surface area contributed by atoms with Gasteiger partial charge in [0.15, 0.2) is 0 Å². The maximum Gasteiger partial charge on any atom is 0.133 e. The molecule has 0 radical (unpaired) electrons. The van der Waals surface area contributed by atoms with Gasteiger partial charge in [0.25, 0.3) is 0 Å². The third kappa shape index (κ3) is 2.88. The van der Waals surface area contributed by atoms with Crippen LogP contribution in [0.4, 0.5) is 0 Å². The molecule has 3 nitrogen and oxygen atoms in total. The highest BCUT2D eigenvalue weighted by atomic mass is 35.5. The zero-order valence-corrected chi connectivity index (χ0v) is 12.9. The van der Waals surface area contributed by atoms with E-state index in [2.05, 4.69) is 5.10 Å². The summed E-state index contributed by atoms with van der Waals surface area (Å²) in [5, 5.41) is 5.60. The monoisotopic (exact) mass is 298 g/mol. The molecule has 1 aromatic carbocycles. The van der Waals surface area contributed by atoms with Gasteiger partial charge in [0, 0.05) is 17.6 Å². The van der Waals surface area contributed by atoms with Crippen LogP contribution >= 0.6 is 23.2 Å². The van der Waals surface area contributed by atoms with E-state index >= 15 is 0 Å². The Hall–Kier alpha value is -1.19. The number of nitrogens with zero attached hydrogens (tertiary/aromatic N) is 2. The van der Waals surface area contributed by atoms with Crippen LogP contribution in [0.1, 0.15) is 22.4 Å². The van der Waals surface area contributed by atoms with Gasteiger partial charge >= 0.3 is 0 Å². The van der Waals surface area contributed by atoms with Crippen molar-refractivity contribution in [1.29, 1.82) is 0 Å². The van der Waals surface area contributed by atoms with Crippen molar-refractivity contribution in [3.05, 3.63) is 44.7 Å². The van der Waals surface area contributed by atoms with E-state index in [9.17, 15) is 0 Å². The van der Waals surface area contributed by atoms with Gasteiger partial charge in [-0.3, -0.25) is 4.68 Å². The van der Waals surface area contributed by atoms with E-state index in [1.54, 1.807) is 4.68 Å². The molecule has 2 aromatic rings. The van der Waals surface area contributed by atoms with Crippen molar-refractivity contribution in [2.24, 2.45) is 7.05 Å². The Morgan fingerprint density at radius 1 is 1.16 bits per heavy atom. The minimum absolute atomic E-state index is 0.405. The zero-order chi connectivity index (χ0) is 14.2. The molecule has 0 atom stereocenters. The fraction of sp³-hybridized carbons (Fsp3) is 0.357. The molecule has 0 aliphatic carbocycles. The van der Waals surface area contributed by atoms with Crippen LogP contribution in [0.3, 0.4) is 0 Å². The summed E-state index contributed by atoms with van der Waals surface area (Å²) in [5.74, 6) is 0.851. The van der Waals surface area contributed by atoms with Crippen LogP contribution in [-0.2, 0) is 13.7 Å². The van der Waals surface area contributed by atoms with Crippen LogP contribution < -0.4 is 4.74 Å². The highest BCUT2D eigenvalue weighted by Gasteiger charge is 2.13. The van der Waals surface area contributed by atoms with E-state index in [0.29, 0.717) is 11.8 Å². The molecule has 0 spiro atoms. The van der Waals surface area contributed by atoms with Gasteiger partial charge in [0.1, 0.15) is 17.5 Å². The van der Waals surface area contributed by atoms with Gasteiger partial charge in [0.2, 0.25) is 0 Å². The number of halogens is 2. The lowest BCUT2D eigenvalue weighted by molar-refractivity contribution is 0.301. The van der Waals surface area contributed by atoms with Crippen molar-refractivity contribution in [2.45, 2.75) is 27.4 Å². The van der Waals surface area contributed by atoms with Crippen molar-refractivity contribution in [3.63, 3.8) is 0 Å². The zero-order valence-electron chi connectivity index (χ0n) is 11.4. The number of hydrogen-bond acceptors (Lipinski definition) is 2. The van der Waals surface area contributed by atoms with Crippen molar-refractivity contribution < 1.29 is 4.74 Å². The van der Waals surface area contributed by atoms with Crippen LogP contribution in [0.2, 0.25) is 10.2 Å². The molecular formula is C14H16Cl2N2O. The van der Waals surface area contributed by atoms with Crippen molar-refractivity contribution in [3.8, 4) is 5.75 Å². The largest absolute Gasteiger partial charge is 0.488 e. The SMILES string of the molecule is Cc1cc(Cl)cc(C)c1OCc1c(C)nn(C)c1Cl. The van der Waals surface area contributed by atoms with Crippen molar-refractivity contribution in [1.82, 2.24) is 9.78 Å². The molecule has 1 heterocycles. The predicted molar refractivity (Wildman–Crippen MR) is 78.2 cm³/mol. The second kappa shape index (κ2) is 5.43. The third-order valence-electron chi connectivity index (χ3n) is 3.06. The summed E-state index contributed by atoms with van der Waals surface area (Å²) in [4.78, 5) is 0. The first-order chi connectivity index (χ1) is 8.90. The summed E-state index contributed by atoms with van der Waals surface area (Å²) in [5.41, 5.74) is 3.83. The molecule has 102 valence electrons. The Morgan fingerprint density at radius 3 is 2.21 bits per heavy atom. The molecule has 0 saturated heterocycles. The molecule has 0 amide bonds. The van der Waals surface area contributed by atoms with Gasteiger partial charge in [-0.25, -0.2) is 0 Å². The first-order valence-electron chi connectivity index (χ1n) is 5.97. The minimum Gasteiger partial charge on any atom is -0.488 e.